The van der Waals surface area contributed by atoms with Crippen LogP contribution in [0.1, 0.15) is 42.6 Å². The van der Waals surface area contributed by atoms with Gasteiger partial charge in [0, 0.05) is 39.6 Å². The summed E-state index contributed by atoms with van der Waals surface area (Å²) in [6, 6.07) is 5.15. The van der Waals surface area contributed by atoms with Crippen LogP contribution in [0.5, 0.6) is 0 Å². The van der Waals surface area contributed by atoms with E-state index in [4.69, 9.17) is 14.9 Å². The van der Waals surface area contributed by atoms with Crippen LogP contribution in [0.3, 0.4) is 0 Å². The number of hydrogen-bond donors (Lipinski definition) is 2. The average Bonchev–Trinajstić information content (AvgIpc) is 2.75. The number of carbonyl (C=O) groups is 1. The van der Waals surface area contributed by atoms with E-state index in [9.17, 15) is 9.59 Å². The van der Waals surface area contributed by atoms with Crippen molar-refractivity contribution in [2.24, 2.45) is 0 Å². The Bertz CT molecular complexity index is 1230. The van der Waals surface area contributed by atoms with Gasteiger partial charge in [0.25, 0.3) is 11.5 Å². The zero-order chi connectivity index (χ0) is 23.3. The molecule has 0 aliphatic rings. The van der Waals surface area contributed by atoms with Crippen LogP contribution < -0.4 is 16.4 Å². The molecule has 3 aromatic rings. The molecule has 0 fully saturated rings. The highest BCUT2D eigenvalue weighted by Crippen LogP contribution is 2.12. The van der Waals surface area contributed by atoms with Gasteiger partial charge >= 0.3 is 0 Å². The molecule has 3 heterocycles. The normalized spacial score (nSPS) is 11.5. The SMILES string of the molecule is COCCCNC(=O)c1cc2c(=O)n3cc(C)ccc3nc2n(CCCOC(C)C)c1=N. The molecule has 0 unspecified atom stereocenters. The number of amides is 1. The van der Waals surface area contributed by atoms with E-state index in [0.717, 1.165) is 5.56 Å². The first-order valence-corrected chi connectivity index (χ1v) is 10.8. The number of rotatable bonds is 10. The van der Waals surface area contributed by atoms with Crippen LogP contribution >= 0.6 is 0 Å². The summed E-state index contributed by atoms with van der Waals surface area (Å²) in [5.74, 6) is -0.395. The van der Waals surface area contributed by atoms with Gasteiger partial charge in [0.2, 0.25) is 0 Å². The van der Waals surface area contributed by atoms with Crippen LogP contribution in [-0.4, -0.2) is 52.8 Å². The van der Waals surface area contributed by atoms with Crippen molar-refractivity contribution in [1.29, 1.82) is 5.41 Å². The van der Waals surface area contributed by atoms with Gasteiger partial charge in [-0.2, -0.15) is 0 Å². The first-order chi connectivity index (χ1) is 15.3. The van der Waals surface area contributed by atoms with Crippen LogP contribution in [0.4, 0.5) is 0 Å². The van der Waals surface area contributed by atoms with Gasteiger partial charge in [-0.1, -0.05) is 6.07 Å². The van der Waals surface area contributed by atoms with Crippen LogP contribution in [-0.2, 0) is 16.0 Å². The maximum Gasteiger partial charge on any atom is 0.267 e. The number of carbonyl (C=O) groups excluding carboxylic acids is 1. The van der Waals surface area contributed by atoms with Crippen molar-refractivity contribution in [2.75, 3.05) is 26.9 Å². The van der Waals surface area contributed by atoms with E-state index in [1.165, 1.54) is 10.5 Å². The molecule has 0 radical (unpaired) electrons. The van der Waals surface area contributed by atoms with E-state index in [1.54, 1.807) is 23.9 Å². The molecule has 32 heavy (non-hydrogen) atoms. The lowest BCUT2D eigenvalue weighted by Gasteiger charge is -2.15. The Morgan fingerprint density at radius 2 is 2.03 bits per heavy atom. The Morgan fingerprint density at radius 1 is 1.25 bits per heavy atom. The molecule has 0 aliphatic carbocycles. The van der Waals surface area contributed by atoms with Crippen molar-refractivity contribution in [1.82, 2.24) is 19.3 Å². The summed E-state index contributed by atoms with van der Waals surface area (Å²) < 4.78 is 13.7. The molecule has 9 heteroatoms. The quantitative estimate of drug-likeness (QED) is 0.369. The van der Waals surface area contributed by atoms with E-state index in [0.29, 0.717) is 55.8 Å². The topological polar surface area (TPSA) is 111 Å². The number of hydrogen-bond acceptors (Lipinski definition) is 6. The van der Waals surface area contributed by atoms with Crippen molar-refractivity contribution in [2.45, 2.75) is 46.3 Å². The van der Waals surface area contributed by atoms with Crippen molar-refractivity contribution >= 4 is 22.6 Å². The molecule has 3 aromatic heterocycles. The highest BCUT2D eigenvalue weighted by molar-refractivity contribution is 5.96. The fraction of sp³-hybridized carbons (Fsp3) is 0.478. The lowest BCUT2D eigenvalue weighted by molar-refractivity contribution is 0.0748. The first-order valence-electron chi connectivity index (χ1n) is 10.8. The molecule has 172 valence electrons. The van der Waals surface area contributed by atoms with Gasteiger partial charge in [-0.05, 0) is 51.3 Å². The number of ether oxygens (including phenoxy) is 2. The lowest BCUT2D eigenvalue weighted by Crippen LogP contribution is -2.35. The molecule has 1 amide bonds. The maximum atomic E-state index is 13.3. The third kappa shape index (κ3) is 5.23. The summed E-state index contributed by atoms with van der Waals surface area (Å²) in [4.78, 5) is 30.8. The minimum absolute atomic E-state index is 0.0228. The highest BCUT2D eigenvalue weighted by atomic mass is 16.5. The largest absolute Gasteiger partial charge is 0.385 e. The van der Waals surface area contributed by atoms with E-state index in [2.05, 4.69) is 10.3 Å². The Labute approximate surface area is 186 Å². The molecule has 3 rings (SSSR count). The van der Waals surface area contributed by atoms with Gasteiger partial charge in [-0.15, -0.1) is 0 Å². The summed E-state index contributed by atoms with van der Waals surface area (Å²) in [7, 11) is 1.60. The van der Waals surface area contributed by atoms with E-state index in [1.807, 2.05) is 26.8 Å². The molecule has 9 nitrogen and oxygen atoms in total. The lowest BCUT2D eigenvalue weighted by atomic mass is 10.2. The summed E-state index contributed by atoms with van der Waals surface area (Å²) in [5, 5.41) is 11.8. The van der Waals surface area contributed by atoms with Crippen molar-refractivity contribution in [3.05, 3.63) is 51.4 Å². The highest BCUT2D eigenvalue weighted by Gasteiger charge is 2.17. The van der Waals surface area contributed by atoms with Gasteiger partial charge in [-0.3, -0.25) is 19.4 Å². The van der Waals surface area contributed by atoms with Crippen molar-refractivity contribution < 1.29 is 14.3 Å². The van der Waals surface area contributed by atoms with Gasteiger partial charge in [0.1, 0.15) is 16.8 Å². The summed E-state index contributed by atoms with van der Waals surface area (Å²) in [6.45, 7) is 7.68. The zero-order valence-corrected chi connectivity index (χ0v) is 19.1. The number of aromatic nitrogens is 3. The molecule has 0 spiro atoms. The van der Waals surface area contributed by atoms with Crippen LogP contribution in [0, 0.1) is 12.3 Å². The third-order valence-corrected chi connectivity index (χ3v) is 5.09. The van der Waals surface area contributed by atoms with Crippen LogP contribution in [0.15, 0.2) is 29.2 Å². The molecule has 0 atom stereocenters. The fourth-order valence-corrected chi connectivity index (χ4v) is 3.49. The molecule has 0 aromatic carbocycles. The standard InChI is InChI=1S/C23H31N5O4/c1-15(2)32-12-6-10-27-20(24)17(22(29)25-9-5-11-31-4)13-18-21(27)26-19-8-7-16(3)14-28(19)23(18)30/h7-8,13-15,24H,5-6,9-12H2,1-4H3,(H,25,29). The van der Waals surface area contributed by atoms with Gasteiger partial charge < -0.3 is 19.4 Å². The molecule has 0 saturated carbocycles. The molecule has 0 saturated heterocycles. The monoisotopic (exact) mass is 441 g/mol. The Hall–Kier alpha value is -3.04. The number of pyridine rings is 2. The zero-order valence-electron chi connectivity index (χ0n) is 19.1. The fourth-order valence-electron chi connectivity index (χ4n) is 3.49. The smallest absolute Gasteiger partial charge is 0.267 e. The number of nitrogens with one attached hydrogen (secondary N) is 2. The summed E-state index contributed by atoms with van der Waals surface area (Å²) in [6.07, 6.45) is 3.11. The van der Waals surface area contributed by atoms with Crippen LogP contribution in [0.25, 0.3) is 16.7 Å². The van der Waals surface area contributed by atoms with Gasteiger partial charge in [-0.25, -0.2) is 4.98 Å². The van der Waals surface area contributed by atoms with Crippen LogP contribution in [0.2, 0.25) is 0 Å². The Morgan fingerprint density at radius 3 is 2.75 bits per heavy atom. The average molecular weight is 442 g/mol. The maximum absolute atomic E-state index is 13.3. The minimum atomic E-state index is -0.395. The molecule has 2 N–H and O–H groups in total. The number of methoxy groups -OCH3 is 1. The minimum Gasteiger partial charge on any atom is -0.385 e. The molecular formula is C23H31N5O4. The molecule has 0 bridgehead atoms. The van der Waals surface area contributed by atoms with E-state index in [-0.39, 0.29) is 22.7 Å². The molecular weight excluding hydrogens is 410 g/mol. The first kappa shape index (κ1) is 23.6. The number of fused-ring (bicyclic) bond motifs is 2. The summed E-state index contributed by atoms with van der Waals surface area (Å²) in [5.41, 5.74) is 1.71. The third-order valence-electron chi connectivity index (χ3n) is 5.09. The van der Waals surface area contributed by atoms with Crippen molar-refractivity contribution in [3.63, 3.8) is 0 Å². The Kier molecular flexibility index (Phi) is 7.76. The van der Waals surface area contributed by atoms with E-state index >= 15 is 0 Å². The second-order valence-corrected chi connectivity index (χ2v) is 8.02. The number of aryl methyl sites for hydroxylation is 2. The van der Waals surface area contributed by atoms with E-state index < -0.39 is 5.91 Å². The second-order valence-electron chi connectivity index (χ2n) is 8.02. The number of nitrogens with zero attached hydrogens (tertiary/aromatic N) is 3. The second kappa shape index (κ2) is 10.5. The predicted octanol–water partition coefficient (Wildman–Crippen LogP) is 2.02. The molecule has 0 aliphatic heterocycles. The Balaban J connectivity index is 2.10. The van der Waals surface area contributed by atoms with Crippen molar-refractivity contribution in [3.8, 4) is 0 Å². The van der Waals surface area contributed by atoms with Gasteiger partial charge in [0.05, 0.1) is 17.1 Å². The predicted molar refractivity (Wildman–Crippen MR) is 122 cm³/mol. The van der Waals surface area contributed by atoms with Gasteiger partial charge in [0.15, 0.2) is 0 Å². The summed E-state index contributed by atoms with van der Waals surface area (Å²) >= 11 is 0.